The van der Waals surface area contributed by atoms with E-state index in [-0.39, 0.29) is 17.7 Å². The van der Waals surface area contributed by atoms with E-state index in [2.05, 4.69) is 5.32 Å². The first-order valence-electron chi connectivity index (χ1n) is 5.01. The number of nitrogens with one attached hydrogen (secondary N) is 1. The Hall–Kier alpha value is -1.64. The summed E-state index contributed by atoms with van der Waals surface area (Å²) in [5.41, 5.74) is 0.581. The van der Waals surface area contributed by atoms with Crippen molar-refractivity contribution in [2.24, 2.45) is 0 Å². The topological polar surface area (TPSA) is 46.2 Å². The first-order chi connectivity index (χ1) is 7.15. The van der Waals surface area contributed by atoms with Crippen LogP contribution in [0.5, 0.6) is 0 Å². The van der Waals surface area contributed by atoms with Crippen molar-refractivity contribution in [2.45, 2.75) is 26.3 Å². The molecule has 3 heteroatoms. The third kappa shape index (κ3) is 3.20. The van der Waals surface area contributed by atoms with Gasteiger partial charge in [-0.05, 0) is 25.5 Å². The van der Waals surface area contributed by atoms with Gasteiger partial charge in [-0.1, -0.05) is 25.1 Å². The summed E-state index contributed by atoms with van der Waals surface area (Å²) in [7, 11) is 0. The number of amides is 1. The maximum Gasteiger partial charge on any atom is 0.251 e. The minimum absolute atomic E-state index is 0.0122. The molecule has 0 fully saturated rings. The fourth-order valence-corrected chi connectivity index (χ4v) is 1.32. The van der Waals surface area contributed by atoms with E-state index in [9.17, 15) is 9.59 Å². The zero-order chi connectivity index (χ0) is 11.3. The van der Waals surface area contributed by atoms with Crippen LogP contribution < -0.4 is 5.32 Å². The second-order valence-corrected chi connectivity index (χ2v) is 3.41. The maximum atomic E-state index is 11.7. The fourth-order valence-electron chi connectivity index (χ4n) is 1.32. The van der Waals surface area contributed by atoms with Crippen molar-refractivity contribution in [3.8, 4) is 0 Å². The van der Waals surface area contributed by atoms with Gasteiger partial charge in [0.15, 0.2) is 5.78 Å². The van der Waals surface area contributed by atoms with Crippen molar-refractivity contribution < 1.29 is 9.59 Å². The van der Waals surface area contributed by atoms with Gasteiger partial charge in [-0.15, -0.1) is 0 Å². The third-order valence-corrected chi connectivity index (χ3v) is 2.24. The van der Waals surface area contributed by atoms with Crippen LogP contribution in [0.4, 0.5) is 0 Å². The van der Waals surface area contributed by atoms with Gasteiger partial charge >= 0.3 is 0 Å². The van der Waals surface area contributed by atoms with E-state index < -0.39 is 0 Å². The second-order valence-electron chi connectivity index (χ2n) is 3.41. The molecule has 0 saturated carbocycles. The molecule has 0 aliphatic rings. The Morgan fingerprint density at radius 1 is 1.27 bits per heavy atom. The van der Waals surface area contributed by atoms with Crippen LogP contribution >= 0.6 is 0 Å². The molecule has 0 aliphatic carbocycles. The van der Waals surface area contributed by atoms with E-state index >= 15 is 0 Å². The molecule has 15 heavy (non-hydrogen) atoms. The highest BCUT2D eigenvalue weighted by molar-refractivity contribution is 5.97. The average Bonchev–Trinajstić information content (AvgIpc) is 2.26. The molecule has 1 aromatic carbocycles. The smallest absolute Gasteiger partial charge is 0.251 e. The molecule has 0 aliphatic heterocycles. The Kier molecular flexibility index (Phi) is 4.03. The van der Waals surface area contributed by atoms with Crippen LogP contribution in [-0.2, 0) is 4.79 Å². The SMILES string of the molecule is CC[C@H](NC(=O)c1ccccc1)C(C)=O. The Balaban J connectivity index is 2.67. The van der Waals surface area contributed by atoms with Gasteiger partial charge in [0.25, 0.3) is 5.91 Å². The number of Topliss-reactive ketones (excluding diaryl/α,β-unsaturated/α-hetero) is 1. The van der Waals surface area contributed by atoms with Gasteiger partial charge in [0.2, 0.25) is 0 Å². The molecule has 0 radical (unpaired) electrons. The molecule has 1 rings (SSSR count). The highest BCUT2D eigenvalue weighted by Gasteiger charge is 2.15. The zero-order valence-corrected chi connectivity index (χ0v) is 8.99. The highest BCUT2D eigenvalue weighted by Crippen LogP contribution is 2.00. The van der Waals surface area contributed by atoms with Crippen LogP contribution in [0.15, 0.2) is 30.3 Å². The monoisotopic (exact) mass is 205 g/mol. The standard InChI is InChI=1S/C12H15NO2/c1-3-11(9(2)14)13-12(15)10-7-5-4-6-8-10/h4-8,11H,3H2,1-2H3,(H,13,15)/t11-/m0/s1. The molecule has 0 unspecified atom stereocenters. The fraction of sp³-hybridized carbons (Fsp3) is 0.333. The molecule has 3 nitrogen and oxygen atoms in total. The molecule has 1 atom stereocenters. The van der Waals surface area contributed by atoms with E-state index in [1.165, 1.54) is 6.92 Å². The van der Waals surface area contributed by atoms with Gasteiger partial charge in [-0.2, -0.15) is 0 Å². The predicted octanol–water partition coefficient (Wildman–Crippen LogP) is 1.78. The van der Waals surface area contributed by atoms with Crippen LogP contribution in [0, 0.1) is 0 Å². The van der Waals surface area contributed by atoms with E-state index in [1.807, 2.05) is 13.0 Å². The lowest BCUT2D eigenvalue weighted by Gasteiger charge is -2.13. The summed E-state index contributed by atoms with van der Waals surface area (Å²) in [5, 5.41) is 2.69. The van der Waals surface area contributed by atoms with Crippen molar-refractivity contribution >= 4 is 11.7 Å². The summed E-state index contributed by atoms with van der Waals surface area (Å²) in [6.45, 7) is 3.36. The molecule has 80 valence electrons. The number of rotatable bonds is 4. The zero-order valence-electron chi connectivity index (χ0n) is 8.99. The molecule has 1 aromatic rings. The van der Waals surface area contributed by atoms with Crippen molar-refractivity contribution in [1.82, 2.24) is 5.32 Å². The van der Waals surface area contributed by atoms with E-state index in [0.29, 0.717) is 12.0 Å². The van der Waals surface area contributed by atoms with Crippen LogP contribution in [0.25, 0.3) is 0 Å². The van der Waals surface area contributed by atoms with Crippen LogP contribution in [0.2, 0.25) is 0 Å². The number of benzene rings is 1. The summed E-state index contributed by atoms with van der Waals surface area (Å²) >= 11 is 0. The molecule has 0 saturated heterocycles. The van der Waals surface area contributed by atoms with Gasteiger partial charge in [0.05, 0.1) is 6.04 Å². The molecule has 1 N–H and O–H groups in total. The first-order valence-corrected chi connectivity index (χ1v) is 5.01. The summed E-state index contributed by atoms with van der Waals surface area (Å²) in [5.74, 6) is -0.209. The number of hydrogen-bond acceptors (Lipinski definition) is 2. The number of carbonyl (C=O) groups excluding carboxylic acids is 2. The predicted molar refractivity (Wildman–Crippen MR) is 58.7 cm³/mol. The highest BCUT2D eigenvalue weighted by atomic mass is 16.2. The maximum absolute atomic E-state index is 11.7. The second kappa shape index (κ2) is 5.29. The Bertz CT molecular complexity index is 346. The largest absolute Gasteiger partial charge is 0.342 e. The molecule has 1 amide bonds. The summed E-state index contributed by atoms with van der Waals surface area (Å²) in [4.78, 5) is 22.8. The third-order valence-electron chi connectivity index (χ3n) is 2.24. The summed E-state index contributed by atoms with van der Waals surface area (Å²) < 4.78 is 0. The normalized spacial score (nSPS) is 11.9. The summed E-state index contributed by atoms with van der Waals surface area (Å²) in [6, 6.07) is 8.51. The number of carbonyl (C=O) groups is 2. The van der Waals surface area contributed by atoms with Crippen molar-refractivity contribution in [3.05, 3.63) is 35.9 Å². The van der Waals surface area contributed by atoms with Gasteiger partial charge in [0, 0.05) is 5.56 Å². The van der Waals surface area contributed by atoms with Gasteiger partial charge in [0.1, 0.15) is 0 Å². The van der Waals surface area contributed by atoms with Gasteiger partial charge in [-0.25, -0.2) is 0 Å². The van der Waals surface area contributed by atoms with Crippen LogP contribution in [0.3, 0.4) is 0 Å². The van der Waals surface area contributed by atoms with Crippen LogP contribution in [0.1, 0.15) is 30.6 Å². The van der Waals surface area contributed by atoms with E-state index in [0.717, 1.165) is 0 Å². The van der Waals surface area contributed by atoms with E-state index in [1.54, 1.807) is 24.3 Å². The molecular weight excluding hydrogens is 190 g/mol. The quantitative estimate of drug-likeness (QED) is 0.814. The Morgan fingerprint density at radius 3 is 2.33 bits per heavy atom. The molecular formula is C12H15NO2. The van der Waals surface area contributed by atoms with Crippen LogP contribution in [-0.4, -0.2) is 17.7 Å². The lowest BCUT2D eigenvalue weighted by atomic mass is 10.1. The van der Waals surface area contributed by atoms with Crippen molar-refractivity contribution in [1.29, 1.82) is 0 Å². The first kappa shape index (κ1) is 11.4. The van der Waals surface area contributed by atoms with Gasteiger partial charge in [-0.3, -0.25) is 9.59 Å². The Labute approximate surface area is 89.5 Å². The van der Waals surface area contributed by atoms with Gasteiger partial charge < -0.3 is 5.32 Å². The molecule has 0 spiro atoms. The Morgan fingerprint density at radius 2 is 1.87 bits per heavy atom. The lowest BCUT2D eigenvalue weighted by Crippen LogP contribution is -2.39. The van der Waals surface area contributed by atoms with Crippen molar-refractivity contribution in [3.63, 3.8) is 0 Å². The molecule has 0 bridgehead atoms. The minimum atomic E-state index is -0.377. The number of ketones is 1. The van der Waals surface area contributed by atoms with Crippen molar-refractivity contribution in [2.75, 3.05) is 0 Å². The minimum Gasteiger partial charge on any atom is -0.342 e. The number of hydrogen-bond donors (Lipinski definition) is 1. The summed E-state index contributed by atoms with van der Waals surface area (Å²) in [6.07, 6.45) is 0.619. The average molecular weight is 205 g/mol. The van der Waals surface area contributed by atoms with E-state index in [4.69, 9.17) is 0 Å². The lowest BCUT2D eigenvalue weighted by molar-refractivity contribution is -0.118. The molecule has 0 aromatic heterocycles. The molecule has 0 heterocycles.